The maximum atomic E-state index is 12.5. The van der Waals surface area contributed by atoms with E-state index in [4.69, 9.17) is 23.2 Å². The van der Waals surface area contributed by atoms with Gasteiger partial charge in [-0.3, -0.25) is 9.59 Å². The molecule has 1 unspecified atom stereocenters. The first-order valence-electron chi connectivity index (χ1n) is 6.30. The van der Waals surface area contributed by atoms with Crippen LogP contribution in [0, 0.1) is 5.92 Å². The largest absolute Gasteiger partial charge is 0.353 e. The second kappa shape index (κ2) is 6.28. The number of carbonyl (C=O) groups excluding carboxylic acids is 2. The maximum absolute atomic E-state index is 12.5. The molecule has 0 saturated carbocycles. The molecule has 0 aromatic carbocycles. The van der Waals surface area contributed by atoms with Crippen molar-refractivity contribution in [2.24, 2.45) is 5.92 Å². The molecule has 1 N–H and O–H groups in total. The van der Waals surface area contributed by atoms with E-state index in [1.54, 1.807) is 0 Å². The molecule has 1 aromatic rings. The number of rotatable bonds is 3. The predicted molar refractivity (Wildman–Crippen MR) is 79.4 cm³/mol. The molecule has 110 valence electrons. The van der Waals surface area contributed by atoms with Gasteiger partial charge < -0.3 is 10.2 Å². The van der Waals surface area contributed by atoms with Crippen molar-refractivity contribution in [3.63, 3.8) is 0 Å². The van der Waals surface area contributed by atoms with E-state index >= 15 is 0 Å². The van der Waals surface area contributed by atoms with Crippen LogP contribution in [-0.2, 0) is 4.79 Å². The van der Waals surface area contributed by atoms with E-state index in [9.17, 15) is 9.59 Å². The monoisotopic (exact) mass is 335 g/mol. The highest BCUT2D eigenvalue weighted by Gasteiger charge is 2.35. The van der Waals surface area contributed by atoms with Crippen molar-refractivity contribution in [2.45, 2.75) is 26.3 Å². The molecule has 20 heavy (non-hydrogen) atoms. The second-order valence-corrected chi connectivity index (χ2v) is 7.21. The molecule has 1 aliphatic heterocycles. The van der Waals surface area contributed by atoms with Crippen molar-refractivity contribution in [3.8, 4) is 0 Å². The van der Waals surface area contributed by atoms with E-state index in [0.29, 0.717) is 25.4 Å². The van der Waals surface area contributed by atoms with Gasteiger partial charge in [-0.1, -0.05) is 48.4 Å². The van der Waals surface area contributed by atoms with Crippen LogP contribution in [0.1, 0.15) is 30.8 Å². The number of aromatic nitrogens is 1. The first-order valence-corrected chi connectivity index (χ1v) is 7.88. The minimum atomic E-state index is -0.479. The summed E-state index contributed by atoms with van der Waals surface area (Å²) in [6.45, 7) is 4.91. The van der Waals surface area contributed by atoms with Gasteiger partial charge in [0, 0.05) is 13.1 Å². The van der Waals surface area contributed by atoms with Gasteiger partial charge in [0.15, 0.2) is 10.2 Å². The van der Waals surface area contributed by atoms with E-state index in [1.807, 2.05) is 13.8 Å². The van der Waals surface area contributed by atoms with Crippen molar-refractivity contribution in [3.05, 3.63) is 14.5 Å². The topological polar surface area (TPSA) is 62.3 Å². The zero-order valence-corrected chi connectivity index (χ0v) is 13.5. The molecule has 1 fully saturated rings. The van der Waals surface area contributed by atoms with E-state index in [2.05, 4.69) is 10.3 Å². The fourth-order valence-corrected chi connectivity index (χ4v) is 3.47. The van der Waals surface area contributed by atoms with Crippen LogP contribution in [-0.4, -0.2) is 40.8 Å². The van der Waals surface area contributed by atoms with Crippen LogP contribution in [0.2, 0.25) is 8.80 Å². The molecule has 1 saturated heterocycles. The zero-order chi connectivity index (χ0) is 14.9. The molecular formula is C12H15Cl2N3O2S. The highest BCUT2D eigenvalue weighted by atomic mass is 35.5. The van der Waals surface area contributed by atoms with Crippen LogP contribution in [0.4, 0.5) is 0 Å². The van der Waals surface area contributed by atoms with E-state index < -0.39 is 6.04 Å². The summed E-state index contributed by atoms with van der Waals surface area (Å²) in [6.07, 6.45) is 0.604. The Morgan fingerprint density at radius 1 is 1.55 bits per heavy atom. The molecule has 8 heteroatoms. The number of amides is 2. The Kier molecular flexibility index (Phi) is 4.88. The zero-order valence-electron chi connectivity index (χ0n) is 11.2. The van der Waals surface area contributed by atoms with Gasteiger partial charge in [0.2, 0.25) is 5.91 Å². The summed E-state index contributed by atoms with van der Waals surface area (Å²) in [5.41, 5.74) is 0.130. The molecule has 1 aliphatic rings. The SMILES string of the molecule is CC(C)CC1C(=O)NCCN1C(=O)c1nc(Cl)sc1Cl. The summed E-state index contributed by atoms with van der Waals surface area (Å²) < 4.78 is 0.481. The number of hydrogen-bond donors (Lipinski definition) is 1. The van der Waals surface area contributed by atoms with Crippen LogP contribution < -0.4 is 5.32 Å². The molecule has 2 amide bonds. The highest BCUT2D eigenvalue weighted by Crippen LogP contribution is 2.29. The summed E-state index contributed by atoms with van der Waals surface area (Å²) in [7, 11) is 0. The third-order valence-corrected chi connectivity index (χ3v) is 4.41. The van der Waals surface area contributed by atoms with Gasteiger partial charge >= 0.3 is 0 Å². The normalized spacial score (nSPS) is 19.4. The fraction of sp³-hybridized carbons (Fsp3) is 0.583. The van der Waals surface area contributed by atoms with Gasteiger partial charge in [-0.15, -0.1) is 0 Å². The standard InChI is InChI=1S/C12H15Cl2N3O2S/c1-6(2)5-7-10(18)15-3-4-17(7)11(19)8-9(13)20-12(14)16-8/h6-7H,3-5H2,1-2H3,(H,15,18). The Labute approximate surface area is 131 Å². The van der Waals surface area contributed by atoms with E-state index in [-0.39, 0.29) is 26.3 Å². The minimum absolute atomic E-state index is 0.129. The molecule has 1 aromatic heterocycles. The van der Waals surface area contributed by atoms with Gasteiger partial charge in [0.05, 0.1) is 0 Å². The van der Waals surface area contributed by atoms with Crippen LogP contribution in [0.3, 0.4) is 0 Å². The molecule has 0 aliphatic carbocycles. The third kappa shape index (κ3) is 3.24. The molecule has 2 rings (SSSR count). The number of piperazine rings is 1. The first kappa shape index (κ1) is 15.5. The van der Waals surface area contributed by atoms with Crippen molar-refractivity contribution in [1.82, 2.24) is 15.2 Å². The third-order valence-electron chi connectivity index (χ3n) is 3.05. The molecule has 2 heterocycles. The molecule has 5 nitrogen and oxygen atoms in total. The van der Waals surface area contributed by atoms with Gasteiger partial charge in [0.1, 0.15) is 10.4 Å². The summed E-state index contributed by atoms with van der Waals surface area (Å²) >= 11 is 12.8. The minimum Gasteiger partial charge on any atom is -0.353 e. The van der Waals surface area contributed by atoms with Gasteiger partial charge in [0.25, 0.3) is 5.91 Å². The van der Waals surface area contributed by atoms with Crippen LogP contribution in [0.5, 0.6) is 0 Å². The number of halogens is 2. The van der Waals surface area contributed by atoms with Crippen molar-refractivity contribution in [2.75, 3.05) is 13.1 Å². The van der Waals surface area contributed by atoms with Crippen molar-refractivity contribution >= 4 is 46.4 Å². The first-order chi connectivity index (χ1) is 9.40. The maximum Gasteiger partial charge on any atom is 0.275 e. The quantitative estimate of drug-likeness (QED) is 0.922. The summed E-state index contributed by atoms with van der Waals surface area (Å²) in [4.78, 5) is 30.0. The summed E-state index contributed by atoms with van der Waals surface area (Å²) in [5, 5.41) is 2.78. The lowest BCUT2D eigenvalue weighted by Gasteiger charge is -2.35. The molecular weight excluding hydrogens is 321 g/mol. The van der Waals surface area contributed by atoms with Gasteiger partial charge in [-0.2, -0.15) is 0 Å². The number of nitrogens with one attached hydrogen (secondary N) is 1. The molecule has 0 spiro atoms. The lowest BCUT2D eigenvalue weighted by atomic mass is 10.00. The Bertz CT molecular complexity index is 533. The van der Waals surface area contributed by atoms with Crippen LogP contribution in [0.25, 0.3) is 0 Å². The van der Waals surface area contributed by atoms with Crippen molar-refractivity contribution in [1.29, 1.82) is 0 Å². The van der Waals surface area contributed by atoms with Gasteiger partial charge in [-0.05, 0) is 12.3 Å². The number of nitrogens with zero attached hydrogens (tertiary/aromatic N) is 2. The van der Waals surface area contributed by atoms with E-state index in [0.717, 1.165) is 11.3 Å². The number of hydrogen-bond acceptors (Lipinski definition) is 4. The average molecular weight is 336 g/mol. The highest BCUT2D eigenvalue weighted by molar-refractivity contribution is 7.19. The number of thiazole rings is 1. The molecule has 0 radical (unpaired) electrons. The van der Waals surface area contributed by atoms with E-state index in [1.165, 1.54) is 4.90 Å². The lowest BCUT2D eigenvalue weighted by Crippen LogP contribution is -2.57. The Morgan fingerprint density at radius 2 is 2.25 bits per heavy atom. The Hall–Kier alpha value is -0.850. The van der Waals surface area contributed by atoms with Crippen molar-refractivity contribution < 1.29 is 9.59 Å². The second-order valence-electron chi connectivity index (χ2n) is 5.02. The Morgan fingerprint density at radius 3 is 2.80 bits per heavy atom. The van der Waals surface area contributed by atoms with Gasteiger partial charge in [-0.25, -0.2) is 4.98 Å². The molecule has 0 bridgehead atoms. The summed E-state index contributed by atoms with van der Waals surface area (Å²) in [6, 6.07) is -0.479. The fourth-order valence-electron chi connectivity index (χ4n) is 2.18. The van der Waals surface area contributed by atoms with Crippen LogP contribution >= 0.6 is 34.5 Å². The Balaban J connectivity index is 2.25. The lowest BCUT2D eigenvalue weighted by molar-refractivity contribution is -0.128. The summed E-state index contributed by atoms with van der Waals surface area (Å²) in [5.74, 6) is -0.164. The predicted octanol–water partition coefficient (Wildman–Crippen LogP) is 2.44. The smallest absolute Gasteiger partial charge is 0.275 e. The average Bonchev–Trinajstić information content (AvgIpc) is 2.70. The number of carbonyl (C=O) groups is 2. The van der Waals surface area contributed by atoms with Crippen LogP contribution in [0.15, 0.2) is 0 Å². The molecule has 1 atom stereocenters.